The summed E-state index contributed by atoms with van der Waals surface area (Å²) in [6.07, 6.45) is -0.0573. The third-order valence-electron chi connectivity index (χ3n) is 4.42. The van der Waals surface area contributed by atoms with Crippen molar-refractivity contribution in [2.75, 3.05) is 16.0 Å². The normalized spacial score (nSPS) is 16.3. The van der Waals surface area contributed by atoms with Crippen LogP contribution in [0, 0.1) is 0 Å². The smallest absolute Gasteiger partial charge is 0.231 e. The Hall–Kier alpha value is -3.06. The number of phenolic OH excluding ortho intramolecular Hbond substituents is 1. The highest BCUT2D eigenvalue weighted by Gasteiger charge is 2.23. The van der Waals surface area contributed by atoms with E-state index in [1.807, 2.05) is 30.5 Å². The molecule has 0 saturated carbocycles. The van der Waals surface area contributed by atoms with Gasteiger partial charge in [0.2, 0.25) is 5.91 Å². The highest BCUT2D eigenvalue weighted by Crippen LogP contribution is 2.37. The van der Waals surface area contributed by atoms with Crippen molar-refractivity contribution in [3.63, 3.8) is 0 Å². The Kier molecular flexibility index (Phi) is 4.22. The number of amides is 1. The zero-order valence-corrected chi connectivity index (χ0v) is 14.9. The number of carbonyl (C=O) groups excluding carboxylic acids is 1. The van der Waals surface area contributed by atoms with Crippen LogP contribution in [0.4, 0.5) is 17.1 Å². The molecule has 4 rings (SSSR count). The van der Waals surface area contributed by atoms with E-state index < -0.39 is 0 Å². The van der Waals surface area contributed by atoms with Crippen LogP contribution in [0.3, 0.4) is 0 Å². The van der Waals surface area contributed by atoms with E-state index in [1.165, 1.54) is 0 Å². The number of benzene rings is 2. The molecule has 0 saturated heterocycles. The quantitative estimate of drug-likeness (QED) is 0.558. The van der Waals surface area contributed by atoms with Gasteiger partial charge in [-0.1, -0.05) is 12.1 Å². The molecule has 0 aliphatic carbocycles. The van der Waals surface area contributed by atoms with E-state index in [-0.39, 0.29) is 23.7 Å². The number of rotatable bonds is 4. The molecule has 2 unspecified atom stereocenters. The van der Waals surface area contributed by atoms with E-state index in [9.17, 15) is 9.90 Å². The van der Waals surface area contributed by atoms with Gasteiger partial charge in [-0.3, -0.25) is 4.79 Å². The van der Waals surface area contributed by atoms with E-state index in [4.69, 9.17) is 0 Å². The van der Waals surface area contributed by atoms with E-state index in [0.717, 1.165) is 28.3 Å². The summed E-state index contributed by atoms with van der Waals surface area (Å²) in [6, 6.07) is 12.4. The molecule has 2 heterocycles. The Balaban J connectivity index is 1.46. The van der Waals surface area contributed by atoms with Crippen LogP contribution in [-0.4, -0.2) is 16.0 Å². The van der Waals surface area contributed by atoms with E-state index >= 15 is 0 Å². The second-order valence-corrected chi connectivity index (χ2v) is 6.92. The summed E-state index contributed by atoms with van der Waals surface area (Å²) in [5, 5.41) is 21.1. The van der Waals surface area contributed by atoms with Crippen LogP contribution in [0.1, 0.15) is 30.3 Å². The molecule has 1 amide bonds. The summed E-state index contributed by atoms with van der Waals surface area (Å²) >= 11 is 1.55. The zero-order chi connectivity index (χ0) is 18.1. The topological polar surface area (TPSA) is 86.3 Å². The number of fused-ring (bicyclic) bond motifs is 1. The predicted octanol–water partition coefficient (Wildman–Crippen LogP) is 4.13. The first-order valence-corrected chi connectivity index (χ1v) is 9.19. The Morgan fingerprint density at radius 2 is 1.96 bits per heavy atom. The van der Waals surface area contributed by atoms with Gasteiger partial charge < -0.3 is 21.1 Å². The van der Waals surface area contributed by atoms with Gasteiger partial charge in [-0.05, 0) is 42.8 Å². The van der Waals surface area contributed by atoms with Gasteiger partial charge in [0, 0.05) is 11.1 Å². The molecule has 1 aliphatic heterocycles. The van der Waals surface area contributed by atoms with Gasteiger partial charge in [0.1, 0.15) is 11.9 Å². The molecular weight excluding hydrogens is 348 g/mol. The van der Waals surface area contributed by atoms with Crippen molar-refractivity contribution >= 4 is 34.3 Å². The summed E-state index contributed by atoms with van der Waals surface area (Å²) in [4.78, 5) is 16.9. The predicted molar refractivity (Wildman–Crippen MR) is 104 cm³/mol. The minimum Gasteiger partial charge on any atom is -0.508 e. The van der Waals surface area contributed by atoms with Gasteiger partial charge in [0.25, 0.3) is 0 Å². The summed E-state index contributed by atoms with van der Waals surface area (Å²) in [5.74, 6) is -0.233. The van der Waals surface area contributed by atoms with Crippen molar-refractivity contribution in [1.82, 2.24) is 4.98 Å². The van der Waals surface area contributed by atoms with Crippen LogP contribution >= 0.6 is 11.3 Å². The maximum atomic E-state index is 12.5. The number of hydrogen-bond donors (Lipinski definition) is 4. The van der Waals surface area contributed by atoms with E-state index in [0.29, 0.717) is 0 Å². The minimum absolute atomic E-state index is 0.0573. The standard InChI is InChI=1S/C19H18N4O2S/c1-11(12-2-5-14(24)6-3-12)19(25)21-13-4-7-15-16(8-13)23-18(22-15)17-9-26-10-20-17/h2-11,18,22-24H,1H3,(H,21,25). The number of hydrogen-bond acceptors (Lipinski definition) is 6. The average molecular weight is 366 g/mol. The van der Waals surface area contributed by atoms with Gasteiger partial charge in [-0.15, -0.1) is 11.3 Å². The molecule has 0 spiro atoms. The van der Waals surface area contributed by atoms with E-state index in [1.54, 1.807) is 41.1 Å². The molecule has 26 heavy (non-hydrogen) atoms. The van der Waals surface area contributed by atoms with Crippen LogP contribution in [-0.2, 0) is 4.79 Å². The van der Waals surface area contributed by atoms with Crippen molar-refractivity contribution in [3.8, 4) is 5.75 Å². The van der Waals surface area contributed by atoms with Gasteiger partial charge in [0.05, 0.1) is 28.5 Å². The lowest BCUT2D eigenvalue weighted by molar-refractivity contribution is -0.117. The lowest BCUT2D eigenvalue weighted by Crippen LogP contribution is -2.18. The molecule has 2 atom stereocenters. The van der Waals surface area contributed by atoms with Gasteiger partial charge in [-0.25, -0.2) is 4.98 Å². The van der Waals surface area contributed by atoms with E-state index in [2.05, 4.69) is 20.9 Å². The minimum atomic E-state index is -0.322. The number of aromatic hydroxyl groups is 1. The zero-order valence-electron chi connectivity index (χ0n) is 14.1. The van der Waals surface area contributed by atoms with Crippen molar-refractivity contribution < 1.29 is 9.90 Å². The summed E-state index contributed by atoms with van der Waals surface area (Å²) in [5.41, 5.74) is 6.23. The lowest BCUT2D eigenvalue weighted by Gasteiger charge is -2.13. The molecule has 0 bridgehead atoms. The maximum absolute atomic E-state index is 12.5. The summed E-state index contributed by atoms with van der Waals surface area (Å²) in [6.45, 7) is 1.84. The molecular formula is C19H18N4O2S. The number of nitrogens with zero attached hydrogens (tertiary/aromatic N) is 1. The Morgan fingerprint density at radius 3 is 2.69 bits per heavy atom. The summed E-state index contributed by atoms with van der Waals surface area (Å²) in [7, 11) is 0. The average Bonchev–Trinajstić information content (AvgIpc) is 3.30. The number of nitrogens with one attached hydrogen (secondary N) is 3. The lowest BCUT2D eigenvalue weighted by atomic mass is 10.00. The molecule has 132 valence electrons. The third kappa shape index (κ3) is 3.21. The number of thiazole rings is 1. The highest BCUT2D eigenvalue weighted by molar-refractivity contribution is 7.07. The fraction of sp³-hybridized carbons (Fsp3) is 0.158. The number of phenols is 1. The van der Waals surface area contributed by atoms with Gasteiger partial charge in [0.15, 0.2) is 0 Å². The van der Waals surface area contributed by atoms with Crippen molar-refractivity contribution in [1.29, 1.82) is 0 Å². The molecule has 2 aromatic carbocycles. The molecule has 1 aromatic heterocycles. The molecule has 3 aromatic rings. The van der Waals surface area contributed by atoms with Crippen molar-refractivity contribution in [3.05, 3.63) is 64.6 Å². The molecule has 7 heteroatoms. The fourth-order valence-electron chi connectivity index (χ4n) is 2.89. The second-order valence-electron chi connectivity index (χ2n) is 6.20. The molecule has 0 fully saturated rings. The highest BCUT2D eigenvalue weighted by atomic mass is 32.1. The van der Waals surface area contributed by atoms with Crippen LogP contribution in [0.5, 0.6) is 5.75 Å². The maximum Gasteiger partial charge on any atom is 0.231 e. The third-order valence-corrected chi connectivity index (χ3v) is 5.03. The molecule has 1 aliphatic rings. The largest absolute Gasteiger partial charge is 0.508 e. The fourth-order valence-corrected chi connectivity index (χ4v) is 3.47. The first kappa shape index (κ1) is 16.4. The first-order valence-electron chi connectivity index (χ1n) is 8.25. The monoisotopic (exact) mass is 366 g/mol. The SMILES string of the molecule is CC(C(=O)Nc1ccc2c(c1)NC(c1cscn1)N2)c1ccc(O)cc1. The van der Waals surface area contributed by atoms with Crippen molar-refractivity contribution in [2.45, 2.75) is 19.0 Å². The van der Waals surface area contributed by atoms with Crippen LogP contribution < -0.4 is 16.0 Å². The van der Waals surface area contributed by atoms with Crippen LogP contribution in [0.25, 0.3) is 0 Å². The Labute approximate surface area is 154 Å². The molecule has 0 radical (unpaired) electrons. The first-order chi connectivity index (χ1) is 12.6. The number of aromatic nitrogens is 1. The Bertz CT molecular complexity index is 925. The van der Waals surface area contributed by atoms with Crippen LogP contribution in [0.15, 0.2) is 53.4 Å². The number of carbonyl (C=O) groups is 1. The van der Waals surface area contributed by atoms with Crippen LogP contribution in [0.2, 0.25) is 0 Å². The molecule has 6 nitrogen and oxygen atoms in total. The van der Waals surface area contributed by atoms with Gasteiger partial charge >= 0.3 is 0 Å². The summed E-state index contributed by atoms with van der Waals surface area (Å²) < 4.78 is 0. The molecule has 4 N–H and O–H groups in total. The second kappa shape index (κ2) is 6.68. The Morgan fingerprint density at radius 1 is 1.19 bits per heavy atom. The van der Waals surface area contributed by atoms with Crippen molar-refractivity contribution in [2.24, 2.45) is 0 Å². The number of anilines is 3. The van der Waals surface area contributed by atoms with Gasteiger partial charge in [-0.2, -0.15) is 0 Å².